The normalized spacial score (nSPS) is 28.5. The summed E-state index contributed by atoms with van der Waals surface area (Å²) in [5.74, 6) is 0. The molecule has 0 aromatic rings. The van der Waals surface area contributed by atoms with Crippen LogP contribution in [0, 0.1) is 0 Å². The minimum absolute atomic E-state index is 0.125. The van der Waals surface area contributed by atoms with Gasteiger partial charge in [0.05, 0.1) is 6.10 Å². The molecule has 2 rings (SSSR count). The van der Waals surface area contributed by atoms with Gasteiger partial charge in [0.15, 0.2) is 0 Å². The number of likely N-dealkylation sites (N-methyl/N-ethyl adjacent to an activating group) is 1. The van der Waals surface area contributed by atoms with E-state index in [2.05, 4.69) is 11.9 Å². The summed E-state index contributed by atoms with van der Waals surface area (Å²) in [6.45, 7) is 3.16. The van der Waals surface area contributed by atoms with Crippen molar-refractivity contribution in [1.29, 1.82) is 0 Å². The van der Waals surface area contributed by atoms with Crippen molar-refractivity contribution >= 4 is 0 Å². The molecule has 1 unspecified atom stereocenters. The van der Waals surface area contributed by atoms with Crippen molar-refractivity contribution in [3.8, 4) is 0 Å². The van der Waals surface area contributed by atoms with Gasteiger partial charge in [-0.1, -0.05) is 19.3 Å². The van der Waals surface area contributed by atoms with Crippen molar-refractivity contribution in [2.45, 2.75) is 69.4 Å². The van der Waals surface area contributed by atoms with Crippen molar-refractivity contribution in [3.63, 3.8) is 0 Å². The van der Waals surface area contributed by atoms with Gasteiger partial charge in [-0.05, 0) is 52.1 Å². The van der Waals surface area contributed by atoms with E-state index in [0.717, 1.165) is 26.1 Å². The average molecular weight is 254 g/mol. The van der Waals surface area contributed by atoms with E-state index >= 15 is 0 Å². The summed E-state index contributed by atoms with van der Waals surface area (Å²) in [4.78, 5) is 2.42. The fourth-order valence-electron chi connectivity index (χ4n) is 3.31. The molecule has 2 fully saturated rings. The quantitative estimate of drug-likeness (QED) is 0.819. The largest absolute Gasteiger partial charge is 0.377 e. The maximum absolute atomic E-state index is 6.48. The molecule has 1 saturated heterocycles. The predicted molar refractivity (Wildman–Crippen MR) is 75.7 cm³/mol. The van der Waals surface area contributed by atoms with E-state index in [1.807, 2.05) is 0 Å². The van der Waals surface area contributed by atoms with Gasteiger partial charge in [0, 0.05) is 18.7 Å². The second-order valence-corrected chi connectivity index (χ2v) is 6.42. The van der Waals surface area contributed by atoms with Crippen LogP contribution in [0.15, 0.2) is 0 Å². The molecule has 1 heterocycles. The molecule has 1 aliphatic carbocycles. The van der Waals surface area contributed by atoms with Crippen molar-refractivity contribution in [2.75, 3.05) is 26.7 Å². The predicted octanol–water partition coefficient (Wildman–Crippen LogP) is 2.54. The van der Waals surface area contributed by atoms with E-state index in [0.29, 0.717) is 6.10 Å². The lowest BCUT2D eigenvalue weighted by Crippen LogP contribution is -2.45. The van der Waals surface area contributed by atoms with Crippen LogP contribution in [-0.4, -0.2) is 43.3 Å². The SMILES string of the molecule is CN(CCC1(N)CCCCC1)CC1CCCCO1. The van der Waals surface area contributed by atoms with Crippen molar-refractivity contribution in [2.24, 2.45) is 5.73 Å². The maximum Gasteiger partial charge on any atom is 0.0701 e. The molecule has 0 aromatic heterocycles. The van der Waals surface area contributed by atoms with Gasteiger partial charge in [-0.3, -0.25) is 0 Å². The topological polar surface area (TPSA) is 38.5 Å². The molecule has 1 aliphatic heterocycles. The number of nitrogens with two attached hydrogens (primary N) is 1. The highest BCUT2D eigenvalue weighted by atomic mass is 16.5. The number of ether oxygens (including phenoxy) is 1. The van der Waals surface area contributed by atoms with Crippen LogP contribution in [0.25, 0.3) is 0 Å². The molecule has 0 spiro atoms. The number of hydrogen-bond donors (Lipinski definition) is 1. The van der Waals surface area contributed by atoms with Gasteiger partial charge in [0.2, 0.25) is 0 Å². The molecule has 2 N–H and O–H groups in total. The molecule has 0 amide bonds. The molecule has 0 radical (unpaired) electrons. The van der Waals surface area contributed by atoms with Gasteiger partial charge in [-0.15, -0.1) is 0 Å². The molecule has 18 heavy (non-hydrogen) atoms. The number of nitrogens with zero attached hydrogens (tertiary/aromatic N) is 1. The van der Waals surface area contributed by atoms with E-state index in [9.17, 15) is 0 Å². The first-order valence-corrected chi connectivity index (χ1v) is 7.77. The fraction of sp³-hybridized carbons (Fsp3) is 1.00. The summed E-state index contributed by atoms with van der Waals surface area (Å²) >= 11 is 0. The zero-order valence-corrected chi connectivity index (χ0v) is 12.0. The Hall–Kier alpha value is -0.120. The Bertz CT molecular complexity index is 233. The molecule has 0 bridgehead atoms. The van der Waals surface area contributed by atoms with Crippen molar-refractivity contribution in [1.82, 2.24) is 4.90 Å². The summed E-state index contributed by atoms with van der Waals surface area (Å²) in [6.07, 6.45) is 11.9. The van der Waals surface area contributed by atoms with Gasteiger partial charge in [-0.2, -0.15) is 0 Å². The van der Waals surface area contributed by atoms with E-state index < -0.39 is 0 Å². The molecule has 106 valence electrons. The lowest BCUT2D eigenvalue weighted by molar-refractivity contribution is -0.00257. The van der Waals surface area contributed by atoms with Crippen molar-refractivity contribution < 1.29 is 4.74 Å². The van der Waals surface area contributed by atoms with Crippen LogP contribution >= 0.6 is 0 Å². The van der Waals surface area contributed by atoms with E-state index in [4.69, 9.17) is 10.5 Å². The highest BCUT2D eigenvalue weighted by Crippen LogP contribution is 2.28. The fourth-order valence-corrected chi connectivity index (χ4v) is 3.31. The first-order valence-electron chi connectivity index (χ1n) is 7.77. The first kappa shape index (κ1) is 14.3. The van der Waals surface area contributed by atoms with Crippen LogP contribution < -0.4 is 5.73 Å². The number of rotatable bonds is 5. The summed E-state index contributed by atoms with van der Waals surface area (Å²) in [7, 11) is 2.21. The molecule has 0 aromatic carbocycles. The summed E-state index contributed by atoms with van der Waals surface area (Å²) in [5.41, 5.74) is 6.61. The van der Waals surface area contributed by atoms with Gasteiger partial charge in [-0.25, -0.2) is 0 Å². The standard InChI is InChI=1S/C15H30N2O/c1-17(13-14-7-3-6-12-18-14)11-10-15(16)8-4-2-5-9-15/h14H,2-13,16H2,1H3. The summed E-state index contributed by atoms with van der Waals surface area (Å²) < 4.78 is 5.79. The second kappa shape index (κ2) is 6.88. The van der Waals surface area contributed by atoms with Crippen molar-refractivity contribution in [3.05, 3.63) is 0 Å². The Balaban J connectivity index is 1.65. The van der Waals surface area contributed by atoms with E-state index in [-0.39, 0.29) is 5.54 Å². The maximum atomic E-state index is 6.48. The Morgan fingerprint density at radius 1 is 1.17 bits per heavy atom. The van der Waals surface area contributed by atoms with Crippen LogP contribution in [-0.2, 0) is 4.74 Å². The van der Waals surface area contributed by atoms with Crippen LogP contribution in [0.1, 0.15) is 57.8 Å². The van der Waals surface area contributed by atoms with E-state index in [1.165, 1.54) is 51.4 Å². The number of hydrogen-bond acceptors (Lipinski definition) is 3. The first-order chi connectivity index (χ1) is 8.68. The Kier molecular flexibility index (Phi) is 5.46. The zero-order chi connectivity index (χ0) is 12.8. The molecule has 3 nitrogen and oxygen atoms in total. The lowest BCUT2D eigenvalue weighted by atomic mass is 9.80. The third kappa shape index (κ3) is 4.52. The highest BCUT2D eigenvalue weighted by Gasteiger charge is 2.27. The highest BCUT2D eigenvalue weighted by molar-refractivity contribution is 4.88. The average Bonchev–Trinajstić information content (AvgIpc) is 2.39. The molecule has 3 heteroatoms. The lowest BCUT2D eigenvalue weighted by Gasteiger charge is -2.35. The second-order valence-electron chi connectivity index (χ2n) is 6.42. The van der Waals surface area contributed by atoms with Crippen LogP contribution in [0.3, 0.4) is 0 Å². The molecule has 1 saturated carbocycles. The third-order valence-corrected chi connectivity index (χ3v) is 4.63. The van der Waals surface area contributed by atoms with Gasteiger partial charge in [0.1, 0.15) is 0 Å². The molecule has 1 atom stereocenters. The molecule has 2 aliphatic rings. The minimum Gasteiger partial charge on any atom is -0.377 e. The van der Waals surface area contributed by atoms with E-state index in [1.54, 1.807) is 0 Å². The monoisotopic (exact) mass is 254 g/mol. The third-order valence-electron chi connectivity index (χ3n) is 4.63. The summed E-state index contributed by atoms with van der Waals surface area (Å²) in [5, 5.41) is 0. The van der Waals surface area contributed by atoms with Gasteiger partial charge in [0.25, 0.3) is 0 Å². The molecular weight excluding hydrogens is 224 g/mol. The van der Waals surface area contributed by atoms with Gasteiger partial charge < -0.3 is 15.4 Å². The Labute approximate surface area is 112 Å². The van der Waals surface area contributed by atoms with Gasteiger partial charge >= 0.3 is 0 Å². The van der Waals surface area contributed by atoms with Crippen LogP contribution in [0.4, 0.5) is 0 Å². The minimum atomic E-state index is 0.125. The Morgan fingerprint density at radius 3 is 2.61 bits per heavy atom. The van der Waals surface area contributed by atoms with Crippen LogP contribution in [0.2, 0.25) is 0 Å². The van der Waals surface area contributed by atoms with Crippen LogP contribution in [0.5, 0.6) is 0 Å². The molecular formula is C15H30N2O. The summed E-state index contributed by atoms with van der Waals surface area (Å²) in [6, 6.07) is 0. The smallest absolute Gasteiger partial charge is 0.0701 e. The zero-order valence-electron chi connectivity index (χ0n) is 12.0. The Morgan fingerprint density at radius 2 is 1.94 bits per heavy atom.